The molecule has 90 valence electrons. The molecule has 1 aromatic rings. The van der Waals surface area contributed by atoms with Crippen molar-refractivity contribution in [3.8, 4) is 5.75 Å². The monoisotopic (exact) mass is 244 g/mol. The van der Waals surface area contributed by atoms with Crippen LogP contribution in [0.3, 0.4) is 0 Å². The molecule has 0 amide bonds. The molecule has 0 radical (unpaired) electrons. The largest absolute Gasteiger partial charge is 0.491 e. The molecule has 0 atom stereocenters. The van der Waals surface area contributed by atoms with Crippen LogP contribution in [-0.2, 0) is 9.47 Å². The lowest BCUT2D eigenvalue weighted by Crippen LogP contribution is -2.11. The van der Waals surface area contributed by atoms with Crippen molar-refractivity contribution in [1.29, 1.82) is 0 Å². The first-order valence-corrected chi connectivity index (χ1v) is 5.86. The first kappa shape index (κ1) is 13.3. The summed E-state index contributed by atoms with van der Waals surface area (Å²) in [6.45, 7) is 2.86. The van der Waals surface area contributed by atoms with Crippen molar-refractivity contribution in [3.05, 3.63) is 30.3 Å². The number of para-hydroxylation sites is 1. The summed E-state index contributed by atoms with van der Waals surface area (Å²) in [5.41, 5.74) is 0. The van der Waals surface area contributed by atoms with E-state index in [1.54, 1.807) is 0 Å². The van der Waals surface area contributed by atoms with Gasteiger partial charge in [0.05, 0.1) is 26.4 Å². The number of hydrogen-bond acceptors (Lipinski definition) is 3. The van der Waals surface area contributed by atoms with Gasteiger partial charge in [0.25, 0.3) is 0 Å². The number of ether oxygens (including phenoxy) is 3. The average molecular weight is 245 g/mol. The molecular weight excluding hydrogens is 228 g/mol. The van der Waals surface area contributed by atoms with Crippen molar-refractivity contribution in [2.24, 2.45) is 0 Å². The van der Waals surface area contributed by atoms with Crippen molar-refractivity contribution >= 4 is 11.6 Å². The van der Waals surface area contributed by atoms with Crippen LogP contribution >= 0.6 is 11.6 Å². The van der Waals surface area contributed by atoms with Crippen LogP contribution in [-0.4, -0.2) is 38.9 Å². The van der Waals surface area contributed by atoms with Gasteiger partial charge in [-0.05, 0) is 12.1 Å². The summed E-state index contributed by atoms with van der Waals surface area (Å²) in [5, 5.41) is 0. The molecule has 4 heteroatoms. The maximum atomic E-state index is 5.45. The standard InChI is InChI=1S/C12H17ClO3/c13-6-7-14-8-9-15-10-11-16-12-4-2-1-3-5-12/h1-5H,6-11H2. The van der Waals surface area contributed by atoms with Gasteiger partial charge in [-0.2, -0.15) is 0 Å². The minimum Gasteiger partial charge on any atom is -0.491 e. The van der Waals surface area contributed by atoms with E-state index in [4.69, 9.17) is 25.8 Å². The molecule has 0 unspecified atom stereocenters. The van der Waals surface area contributed by atoms with Crippen LogP contribution in [0.1, 0.15) is 0 Å². The molecule has 0 spiro atoms. The third kappa shape index (κ3) is 6.67. The van der Waals surface area contributed by atoms with Gasteiger partial charge in [0.2, 0.25) is 0 Å². The van der Waals surface area contributed by atoms with Gasteiger partial charge in [-0.3, -0.25) is 0 Å². The Morgan fingerprint density at radius 2 is 1.44 bits per heavy atom. The number of hydrogen-bond donors (Lipinski definition) is 0. The third-order valence-corrected chi connectivity index (χ3v) is 1.99. The van der Waals surface area contributed by atoms with Crippen LogP contribution in [0.15, 0.2) is 30.3 Å². The highest BCUT2D eigenvalue weighted by molar-refractivity contribution is 6.17. The minimum absolute atomic E-state index is 0.525. The molecule has 0 N–H and O–H groups in total. The van der Waals surface area contributed by atoms with Crippen LogP contribution in [0.25, 0.3) is 0 Å². The molecule has 0 aliphatic heterocycles. The van der Waals surface area contributed by atoms with Gasteiger partial charge in [-0.1, -0.05) is 18.2 Å². The smallest absolute Gasteiger partial charge is 0.119 e. The van der Waals surface area contributed by atoms with Gasteiger partial charge in [-0.25, -0.2) is 0 Å². The van der Waals surface area contributed by atoms with Crippen molar-refractivity contribution in [2.75, 3.05) is 38.9 Å². The summed E-state index contributed by atoms with van der Waals surface area (Å²) in [6.07, 6.45) is 0. The number of rotatable bonds is 9. The van der Waals surface area contributed by atoms with Gasteiger partial charge in [0.1, 0.15) is 12.4 Å². The zero-order chi connectivity index (χ0) is 11.5. The summed E-state index contributed by atoms with van der Waals surface area (Å²) < 4.78 is 15.9. The highest BCUT2D eigenvalue weighted by Crippen LogP contribution is 2.07. The SMILES string of the molecule is ClCCOCCOCCOc1ccccc1. The fourth-order valence-corrected chi connectivity index (χ4v) is 1.22. The lowest BCUT2D eigenvalue weighted by Gasteiger charge is -2.07. The molecule has 0 heterocycles. The zero-order valence-corrected chi connectivity index (χ0v) is 9.99. The number of halogens is 1. The highest BCUT2D eigenvalue weighted by atomic mass is 35.5. The van der Waals surface area contributed by atoms with Gasteiger partial charge >= 0.3 is 0 Å². The lowest BCUT2D eigenvalue weighted by atomic mass is 10.3. The molecular formula is C12H17ClO3. The van der Waals surface area contributed by atoms with Crippen molar-refractivity contribution in [3.63, 3.8) is 0 Å². The maximum absolute atomic E-state index is 5.45. The topological polar surface area (TPSA) is 27.7 Å². The number of benzene rings is 1. The second kappa shape index (κ2) is 9.46. The molecule has 1 rings (SSSR count). The lowest BCUT2D eigenvalue weighted by molar-refractivity contribution is 0.0410. The summed E-state index contributed by atoms with van der Waals surface area (Å²) >= 11 is 5.45. The first-order chi connectivity index (χ1) is 7.93. The molecule has 16 heavy (non-hydrogen) atoms. The van der Waals surface area contributed by atoms with E-state index in [-0.39, 0.29) is 0 Å². The molecule has 0 fully saturated rings. The van der Waals surface area contributed by atoms with E-state index in [9.17, 15) is 0 Å². The van der Waals surface area contributed by atoms with Crippen molar-refractivity contribution in [1.82, 2.24) is 0 Å². The Kier molecular flexibility index (Phi) is 7.86. The van der Waals surface area contributed by atoms with E-state index in [2.05, 4.69) is 0 Å². The maximum Gasteiger partial charge on any atom is 0.119 e. The number of alkyl halides is 1. The summed E-state index contributed by atoms with van der Waals surface area (Å²) in [5.74, 6) is 1.39. The Balaban J connectivity index is 1.89. The highest BCUT2D eigenvalue weighted by Gasteiger charge is 1.92. The van der Waals surface area contributed by atoms with Crippen LogP contribution in [0, 0.1) is 0 Å². The normalized spacial score (nSPS) is 10.3. The second-order valence-corrected chi connectivity index (χ2v) is 3.45. The first-order valence-electron chi connectivity index (χ1n) is 5.33. The van der Waals surface area contributed by atoms with Gasteiger partial charge < -0.3 is 14.2 Å². The second-order valence-electron chi connectivity index (χ2n) is 3.08. The fourth-order valence-electron chi connectivity index (χ4n) is 1.11. The van der Waals surface area contributed by atoms with E-state index < -0.39 is 0 Å². The van der Waals surface area contributed by atoms with Crippen LogP contribution < -0.4 is 4.74 Å². The molecule has 0 aliphatic carbocycles. The molecule has 0 aromatic heterocycles. The van der Waals surface area contributed by atoms with Crippen molar-refractivity contribution in [2.45, 2.75) is 0 Å². The van der Waals surface area contributed by atoms with Crippen LogP contribution in [0.5, 0.6) is 5.75 Å². The van der Waals surface area contributed by atoms with E-state index in [1.165, 1.54) is 0 Å². The molecule has 1 aromatic carbocycles. The van der Waals surface area contributed by atoms with E-state index in [0.29, 0.717) is 38.9 Å². The van der Waals surface area contributed by atoms with E-state index >= 15 is 0 Å². The fraction of sp³-hybridized carbons (Fsp3) is 0.500. The molecule has 0 saturated heterocycles. The van der Waals surface area contributed by atoms with E-state index in [0.717, 1.165) is 5.75 Å². The minimum atomic E-state index is 0.525. The quantitative estimate of drug-likeness (QED) is 0.493. The van der Waals surface area contributed by atoms with Crippen LogP contribution in [0.4, 0.5) is 0 Å². The predicted molar refractivity (Wildman–Crippen MR) is 64.3 cm³/mol. The Hall–Kier alpha value is -0.770. The molecule has 0 aliphatic rings. The zero-order valence-electron chi connectivity index (χ0n) is 9.23. The molecule has 0 saturated carbocycles. The summed E-state index contributed by atoms with van der Waals surface area (Å²) in [6, 6.07) is 9.68. The third-order valence-electron chi connectivity index (χ3n) is 1.83. The summed E-state index contributed by atoms with van der Waals surface area (Å²) in [7, 11) is 0. The molecule has 0 bridgehead atoms. The van der Waals surface area contributed by atoms with Crippen LogP contribution in [0.2, 0.25) is 0 Å². The van der Waals surface area contributed by atoms with Gasteiger partial charge in [0, 0.05) is 5.88 Å². The predicted octanol–water partition coefficient (Wildman–Crippen LogP) is 2.34. The Labute approximate surface area is 101 Å². The Morgan fingerprint density at radius 1 is 0.812 bits per heavy atom. The van der Waals surface area contributed by atoms with Crippen molar-refractivity contribution < 1.29 is 14.2 Å². The van der Waals surface area contributed by atoms with Gasteiger partial charge in [-0.15, -0.1) is 11.6 Å². The Morgan fingerprint density at radius 3 is 2.12 bits per heavy atom. The van der Waals surface area contributed by atoms with Gasteiger partial charge in [0.15, 0.2) is 0 Å². The van der Waals surface area contributed by atoms with E-state index in [1.807, 2.05) is 30.3 Å². The Bertz CT molecular complexity index is 254. The molecule has 3 nitrogen and oxygen atoms in total. The average Bonchev–Trinajstić information content (AvgIpc) is 2.34. The summed E-state index contributed by atoms with van der Waals surface area (Å²) in [4.78, 5) is 0.